The third-order valence-corrected chi connectivity index (χ3v) is 4.61. The summed E-state index contributed by atoms with van der Waals surface area (Å²) in [5.41, 5.74) is 9.01. The Morgan fingerprint density at radius 2 is 2.04 bits per heavy atom. The van der Waals surface area contributed by atoms with Gasteiger partial charge in [0.25, 0.3) is 0 Å². The second-order valence-corrected chi connectivity index (χ2v) is 6.62. The lowest BCUT2D eigenvalue weighted by atomic mass is 10.1. The van der Waals surface area contributed by atoms with Crippen molar-refractivity contribution in [3.63, 3.8) is 0 Å². The van der Waals surface area contributed by atoms with Crippen LogP contribution in [0.4, 0.5) is 4.79 Å². The van der Waals surface area contributed by atoms with Gasteiger partial charge in [0.2, 0.25) is 0 Å². The van der Waals surface area contributed by atoms with Gasteiger partial charge in [-0.15, -0.1) is 0 Å². The van der Waals surface area contributed by atoms with Gasteiger partial charge in [0.05, 0.1) is 11.9 Å². The molecule has 1 atom stereocenters. The van der Waals surface area contributed by atoms with Crippen molar-refractivity contribution in [2.24, 2.45) is 5.73 Å². The highest BCUT2D eigenvalue weighted by Gasteiger charge is 2.21. The van der Waals surface area contributed by atoms with Crippen molar-refractivity contribution in [1.29, 1.82) is 0 Å². The van der Waals surface area contributed by atoms with E-state index in [1.54, 1.807) is 6.20 Å². The average molecular weight is 381 g/mol. The molecule has 0 spiro atoms. The summed E-state index contributed by atoms with van der Waals surface area (Å²) in [4.78, 5) is 22.2. The number of halogens is 1. The van der Waals surface area contributed by atoms with Crippen LogP contribution in [0.25, 0.3) is 22.2 Å². The molecule has 0 radical (unpaired) electrons. The maximum atomic E-state index is 11.4. The van der Waals surface area contributed by atoms with Crippen LogP contribution in [0.2, 0.25) is 5.02 Å². The van der Waals surface area contributed by atoms with Gasteiger partial charge in [-0.1, -0.05) is 48.0 Å². The Balaban J connectivity index is 1.65. The number of hydrogen-bond acceptors (Lipinski definition) is 3. The van der Waals surface area contributed by atoms with Crippen LogP contribution in [0.1, 0.15) is 17.5 Å². The number of rotatable bonds is 5. The fourth-order valence-electron chi connectivity index (χ4n) is 3.13. The summed E-state index contributed by atoms with van der Waals surface area (Å²) in [5, 5.41) is 1.66. The second-order valence-electron chi connectivity index (χ2n) is 6.18. The molecule has 0 saturated heterocycles. The van der Waals surface area contributed by atoms with Gasteiger partial charge in [-0.2, -0.15) is 0 Å². The lowest BCUT2D eigenvalue weighted by Crippen LogP contribution is -2.19. The van der Waals surface area contributed by atoms with Gasteiger partial charge < -0.3 is 20.4 Å². The van der Waals surface area contributed by atoms with Crippen molar-refractivity contribution in [1.82, 2.24) is 15.0 Å². The molecule has 136 valence electrons. The average Bonchev–Trinajstić information content (AvgIpc) is 3.29. The number of amides is 1. The molecule has 0 aliphatic carbocycles. The van der Waals surface area contributed by atoms with E-state index in [4.69, 9.17) is 22.1 Å². The molecular weight excluding hydrogens is 364 g/mol. The lowest BCUT2D eigenvalue weighted by molar-refractivity contribution is 0.102. The zero-order valence-electron chi connectivity index (χ0n) is 14.3. The number of hydrogen-bond donors (Lipinski definition) is 3. The van der Waals surface area contributed by atoms with E-state index in [0.717, 1.165) is 27.7 Å². The molecule has 0 aliphatic heterocycles. The highest BCUT2D eigenvalue weighted by Crippen LogP contribution is 2.28. The van der Waals surface area contributed by atoms with Crippen LogP contribution in [0, 0.1) is 0 Å². The van der Waals surface area contributed by atoms with E-state index in [2.05, 4.69) is 15.0 Å². The molecule has 4 aromatic rings. The number of primary amides is 1. The monoisotopic (exact) mass is 380 g/mol. The van der Waals surface area contributed by atoms with Crippen molar-refractivity contribution in [3.8, 4) is 11.3 Å². The maximum Gasteiger partial charge on any atom is 0.405 e. The predicted octanol–water partition coefficient (Wildman–Crippen LogP) is 4.59. The number of fused-ring (bicyclic) bond motifs is 1. The molecule has 4 rings (SSSR count). The predicted molar refractivity (Wildman–Crippen MR) is 104 cm³/mol. The smallest absolute Gasteiger partial charge is 0.405 e. The number of aromatic amines is 2. The van der Waals surface area contributed by atoms with E-state index in [1.165, 1.54) is 0 Å². The van der Waals surface area contributed by atoms with Crippen molar-refractivity contribution in [3.05, 3.63) is 77.3 Å². The fraction of sp³-hybridized carbons (Fsp3) is 0.100. The summed E-state index contributed by atoms with van der Waals surface area (Å²) in [7, 11) is 0. The van der Waals surface area contributed by atoms with E-state index >= 15 is 0 Å². The van der Waals surface area contributed by atoms with E-state index < -0.39 is 12.2 Å². The number of H-pyrrole nitrogens is 2. The van der Waals surface area contributed by atoms with Gasteiger partial charge in [-0.3, -0.25) is 0 Å². The third kappa shape index (κ3) is 3.66. The summed E-state index contributed by atoms with van der Waals surface area (Å²) >= 11 is 6.04. The Kier molecular flexibility index (Phi) is 4.56. The largest absolute Gasteiger partial charge is 0.438 e. The lowest BCUT2D eigenvalue weighted by Gasteiger charge is -2.14. The van der Waals surface area contributed by atoms with Gasteiger partial charge in [0.1, 0.15) is 5.82 Å². The maximum absolute atomic E-state index is 11.4. The number of nitrogens with two attached hydrogens (primary N) is 1. The minimum absolute atomic E-state index is 0.423. The zero-order chi connectivity index (χ0) is 18.8. The topological polar surface area (TPSA) is 96.8 Å². The van der Waals surface area contributed by atoms with Gasteiger partial charge in [-0.05, 0) is 23.3 Å². The molecular formula is C20H17ClN4O2. The molecule has 2 aromatic carbocycles. The number of nitrogens with one attached hydrogen (secondary N) is 2. The third-order valence-electron chi connectivity index (χ3n) is 4.38. The minimum Gasteiger partial charge on any atom is -0.438 e. The quantitative estimate of drug-likeness (QED) is 0.472. The Morgan fingerprint density at radius 1 is 1.22 bits per heavy atom. The summed E-state index contributed by atoms with van der Waals surface area (Å²) in [6.45, 7) is 0. The number of benzene rings is 2. The zero-order valence-corrected chi connectivity index (χ0v) is 15.0. The van der Waals surface area contributed by atoms with Crippen LogP contribution >= 0.6 is 11.6 Å². The normalized spacial score (nSPS) is 12.2. The first-order chi connectivity index (χ1) is 13.1. The van der Waals surface area contributed by atoms with Crippen LogP contribution in [0.15, 0.2) is 60.9 Å². The summed E-state index contributed by atoms with van der Waals surface area (Å²) in [5.74, 6) is 0.538. The standard InChI is InChI=1S/C20H17ClN4O2/c21-14-6-7-15-13(10-23-16(15)9-14)8-18(27-20(22)26)19-24-11-17(25-19)12-4-2-1-3-5-12/h1-7,9-11,18,23H,8H2,(H2,22,26)(H,24,25). The molecule has 0 fully saturated rings. The number of nitrogens with zero attached hydrogens (tertiary/aromatic N) is 1. The molecule has 0 aliphatic rings. The highest BCUT2D eigenvalue weighted by atomic mass is 35.5. The van der Waals surface area contributed by atoms with Crippen LogP contribution in [0.3, 0.4) is 0 Å². The summed E-state index contributed by atoms with van der Waals surface area (Å²) in [6, 6.07) is 15.4. The molecule has 7 heteroatoms. The van der Waals surface area contributed by atoms with Crippen molar-refractivity contribution in [2.75, 3.05) is 0 Å². The minimum atomic E-state index is -0.847. The molecule has 2 heterocycles. The summed E-state index contributed by atoms with van der Waals surface area (Å²) in [6.07, 6.45) is 2.54. The SMILES string of the molecule is NC(=O)OC(Cc1c[nH]c2cc(Cl)ccc12)c1ncc(-c2ccccc2)[nH]1. The molecule has 27 heavy (non-hydrogen) atoms. The van der Waals surface area contributed by atoms with Gasteiger partial charge >= 0.3 is 6.09 Å². The van der Waals surface area contributed by atoms with Gasteiger partial charge in [0.15, 0.2) is 6.10 Å². The van der Waals surface area contributed by atoms with E-state index in [0.29, 0.717) is 17.3 Å². The number of imidazole rings is 1. The number of carbonyl (C=O) groups is 1. The van der Waals surface area contributed by atoms with Crippen LogP contribution in [-0.4, -0.2) is 21.0 Å². The van der Waals surface area contributed by atoms with Crippen LogP contribution < -0.4 is 5.73 Å². The Hall–Kier alpha value is -3.25. The second kappa shape index (κ2) is 7.17. The molecule has 1 amide bonds. The van der Waals surface area contributed by atoms with Gasteiger partial charge in [-0.25, -0.2) is 9.78 Å². The van der Waals surface area contributed by atoms with E-state index in [-0.39, 0.29) is 0 Å². The Labute approximate surface area is 160 Å². The number of aromatic nitrogens is 3. The highest BCUT2D eigenvalue weighted by molar-refractivity contribution is 6.31. The van der Waals surface area contributed by atoms with Crippen molar-refractivity contribution in [2.45, 2.75) is 12.5 Å². The number of carbonyl (C=O) groups excluding carboxylic acids is 1. The number of ether oxygens (including phenoxy) is 1. The molecule has 2 aromatic heterocycles. The molecule has 0 bridgehead atoms. The first-order valence-electron chi connectivity index (χ1n) is 8.42. The molecule has 6 nitrogen and oxygen atoms in total. The first-order valence-corrected chi connectivity index (χ1v) is 8.80. The van der Waals surface area contributed by atoms with Gasteiger partial charge in [0, 0.05) is 28.5 Å². The van der Waals surface area contributed by atoms with Crippen LogP contribution in [0.5, 0.6) is 0 Å². The molecule has 1 unspecified atom stereocenters. The van der Waals surface area contributed by atoms with Crippen molar-refractivity contribution >= 4 is 28.6 Å². The fourth-order valence-corrected chi connectivity index (χ4v) is 3.30. The van der Waals surface area contributed by atoms with E-state index in [9.17, 15) is 4.79 Å². The molecule has 0 saturated carbocycles. The molecule has 4 N–H and O–H groups in total. The first kappa shape index (κ1) is 17.2. The Morgan fingerprint density at radius 3 is 2.81 bits per heavy atom. The van der Waals surface area contributed by atoms with Crippen LogP contribution in [-0.2, 0) is 11.2 Å². The van der Waals surface area contributed by atoms with E-state index in [1.807, 2.05) is 54.7 Å². The Bertz CT molecular complexity index is 1090. The van der Waals surface area contributed by atoms with Crippen molar-refractivity contribution < 1.29 is 9.53 Å². The summed E-state index contributed by atoms with van der Waals surface area (Å²) < 4.78 is 5.34.